The van der Waals surface area contributed by atoms with Crippen LogP contribution in [0.1, 0.15) is 11.6 Å². The first-order chi connectivity index (χ1) is 9.17. The lowest BCUT2D eigenvalue weighted by Gasteiger charge is -2.24. The number of nitrogens with zero attached hydrogens (tertiary/aromatic N) is 1. The molecule has 1 heterocycles. The minimum absolute atomic E-state index is 0.0766. The Labute approximate surface area is 110 Å². The van der Waals surface area contributed by atoms with Gasteiger partial charge in [0.05, 0.1) is 38.4 Å². The molecule has 1 saturated heterocycles. The lowest BCUT2D eigenvalue weighted by Crippen LogP contribution is -2.34. The first-order valence-electron chi connectivity index (χ1n) is 5.88. The van der Waals surface area contributed by atoms with Crippen molar-refractivity contribution in [3.8, 4) is 11.5 Å². The van der Waals surface area contributed by atoms with Crippen molar-refractivity contribution in [2.45, 2.75) is 6.04 Å². The highest BCUT2D eigenvalue weighted by molar-refractivity contribution is 5.58. The van der Waals surface area contributed by atoms with Gasteiger partial charge in [-0.15, -0.1) is 0 Å². The van der Waals surface area contributed by atoms with Crippen LogP contribution in [0.2, 0.25) is 0 Å². The molecule has 0 radical (unpaired) electrons. The topological polar surface area (TPSA) is 82.9 Å². The number of nitro benzene ring substituents is 1. The van der Waals surface area contributed by atoms with Gasteiger partial charge in [0, 0.05) is 12.6 Å². The smallest absolute Gasteiger partial charge is 0.315 e. The molecule has 0 bridgehead atoms. The Hall–Kier alpha value is -1.86. The van der Waals surface area contributed by atoms with Crippen LogP contribution in [0.3, 0.4) is 0 Å². The van der Waals surface area contributed by atoms with E-state index in [-0.39, 0.29) is 17.5 Å². The largest absolute Gasteiger partial charge is 0.493 e. The maximum Gasteiger partial charge on any atom is 0.315 e. The highest BCUT2D eigenvalue weighted by atomic mass is 16.6. The van der Waals surface area contributed by atoms with Crippen LogP contribution >= 0.6 is 0 Å². The molecule has 0 amide bonds. The summed E-state index contributed by atoms with van der Waals surface area (Å²) < 4.78 is 15.6. The SMILES string of the molecule is COc1cc(C2COCCN2)cc([N+](=O)[O-])c1OC. The zero-order chi connectivity index (χ0) is 13.8. The average Bonchev–Trinajstić information content (AvgIpc) is 2.46. The number of benzene rings is 1. The summed E-state index contributed by atoms with van der Waals surface area (Å²) >= 11 is 0. The summed E-state index contributed by atoms with van der Waals surface area (Å²) in [5.41, 5.74) is 0.647. The van der Waals surface area contributed by atoms with E-state index in [0.29, 0.717) is 25.5 Å². The monoisotopic (exact) mass is 268 g/mol. The van der Waals surface area contributed by atoms with E-state index in [1.165, 1.54) is 20.3 Å². The molecule has 7 nitrogen and oxygen atoms in total. The van der Waals surface area contributed by atoms with Gasteiger partial charge in [-0.25, -0.2) is 0 Å². The third-order valence-electron chi connectivity index (χ3n) is 3.00. The Balaban J connectivity index is 2.44. The van der Waals surface area contributed by atoms with Gasteiger partial charge >= 0.3 is 5.69 Å². The van der Waals surface area contributed by atoms with Crippen molar-refractivity contribution < 1.29 is 19.1 Å². The van der Waals surface area contributed by atoms with Gasteiger partial charge in [-0.1, -0.05) is 0 Å². The Morgan fingerprint density at radius 1 is 1.42 bits per heavy atom. The molecule has 0 spiro atoms. The molecular weight excluding hydrogens is 252 g/mol. The van der Waals surface area contributed by atoms with Crippen LogP contribution in [-0.2, 0) is 4.74 Å². The molecule has 1 aromatic rings. The van der Waals surface area contributed by atoms with E-state index in [9.17, 15) is 10.1 Å². The summed E-state index contributed by atoms with van der Waals surface area (Å²) in [6.07, 6.45) is 0. The molecule has 1 aliphatic heterocycles. The summed E-state index contributed by atoms with van der Waals surface area (Å²) in [6, 6.07) is 3.15. The maximum atomic E-state index is 11.1. The van der Waals surface area contributed by atoms with Gasteiger partial charge in [0.2, 0.25) is 5.75 Å². The van der Waals surface area contributed by atoms with Gasteiger partial charge < -0.3 is 19.5 Å². The Kier molecular flexibility index (Phi) is 4.18. The fourth-order valence-electron chi connectivity index (χ4n) is 2.08. The van der Waals surface area contributed by atoms with E-state index < -0.39 is 4.92 Å². The number of methoxy groups -OCH3 is 2. The molecule has 1 aromatic carbocycles. The lowest BCUT2D eigenvalue weighted by molar-refractivity contribution is -0.385. The van der Waals surface area contributed by atoms with Crippen molar-refractivity contribution in [1.29, 1.82) is 0 Å². The standard InChI is InChI=1S/C12H16N2O5/c1-17-11-6-8(9-7-19-4-3-13-9)5-10(14(15)16)12(11)18-2/h5-6,9,13H,3-4,7H2,1-2H3. The molecule has 19 heavy (non-hydrogen) atoms. The van der Waals surface area contributed by atoms with Crippen LogP contribution in [0.25, 0.3) is 0 Å². The predicted octanol–water partition coefficient (Wildman–Crippen LogP) is 1.27. The quantitative estimate of drug-likeness (QED) is 0.654. The molecule has 0 saturated carbocycles. The molecule has 1 unspecified atom stereocenters. The minimum atomic E-state index is -0.478. The van der Waals surface area contributed by atoms with Gasteiger partial charge in [-0.05, 0) is 11.6 Å². The Morgan fingerprint density at radius 3 is 2.74 bits per heavy atom. The number of nitro groups is 1. The number of morpholine rings is 1. The van der Waals surface area contributed by atoms with Gasteiger partial charge in [0.1, 0.15) is 0 Å². The zero-order valence-corrected chi connectivity index (χ0v) is 10.8. The predicted molar refractivity (Wildman–Crippen MR) is 67.8 cm³/mol. The highest BCUT2D eigenvalue weighted by Gasteiger charge is 2.25. The molecule has 1 aliphatic rings. The van der Waals surface area contributed by atoms with E-state index in [1.807, 2.05) is 0 Å². The first kappa shape index (κ1) is 13.6. The van der Waals surface area contributed by atoms with Crippen LogP contribution in [0.4, 0.5) is 5.69 Å². The van der Waals surface area contributed by atoms with E-state index >= 15 is 0 Å². The summed E-state index contributed by atoms with van der Waals surface area (Å²) in [6.45, 7) is 1.84. The van der Waals surface area contributed by atoms with Gasteiger partial charge in [0.25, 0.3) is 0 Å². The van der Waals surface area contributed by atoms with Crippen molar-refractivity contribution in [3.05, 3.63) is 27.8 Å². The average molecular weight is 268 g/mol. The van der Waals surface area contributed by atoms with Crippen LogP contribution in [0, 0.1) is 10.1 Å². The van der Waals surface area contributed by atoms with E-state index in [0.717, 1.165) is 5.56 Å². The molecule has 0 aliphatic carbocycles. The third kappa shape index (κ3) is 2.77. The summed E-state index contributed by atoms with van der Waals surface area (Å²) in [5.74, 6) is 0.479. The fourth-order valence-corrected chi connectivity index (χ4v) is 2.08. The number of hydrogen-bond acceptors (Lipinski definition) is 6. The Morgan fingerprint density at radius 2 is 2.21 bits per heavy atom. The van der Waals surface area contributed by atoms with Crippen LogP contribution < -0.4 is 14.8 Å². The summed E-state index contributed by atoms with van der Waals surface area (Å²) in [5, 5.41) is 14.3. The second-order valence-electron chi connectivity index (χ2n) is 4.11. The molecule has 104 valence electrons. The van der Waals surface area contributed by atoms with Crippen LogP contribution in [0.5, 0.6) is 11.5 Å². The molecule has 2 rings (SSSR count). The maximum absolute atomic E-state index is 11.1. The fraction of sp³-hybridized carbons (Fsp3) is 0.500. The van der Waals surface area contributed by atoms with Crippen LogP contribution in [0.15, 0.2) is 12.1 Å². The normalized spacial score (nSPS) is 18.9. The second kappa shape index (κ2) is 5.85. The number of ether oxygens (including phenoxy) is 3. The summed E-state index contributed by atoms with van der Waals surface area (Å²) in [4.78, 5) is 10.6. The van der Waals surface area contributed by atoms with Crippen molar-refractivity contribution in [3.63, 3.8) is 0 Å². The zero-order valence-electron chi connectivity index (χ0n) is 10.8. The number of nitrogens with one attached hydrogen (secondary N) is 1. The van der Waals surface area contributed by atoms with E-state index in [4.69, 9.17) is 14.2 Å². The molecule has 7 heteroatoms. The number of hydrogen-bond donors (Lipinski definition) is 1. The van der Waals surface area contributed by atoms with Crippen molar-refractivity contribution in [2.24, 2.45) is 0 Å². The van der Waals surface area contributed by atoms with Crippen LogP contribution in [-0.4, -0.2) is 38.9 Å². The van der Waals surface area contributed by atoms with Crippen molar-refractivity contribution in [1.82, 2.24) is 5.32 Å². The summed E-state index contributed by atoms with van der Waals surface area (Å²) in [7, 11) is 2.84. The highest BCUT2D eigenvalue weighted by Crippen LogP contribution is 2.39. The molecule has 0 aromatic heterocycles. The van der Waals surface area contributed by atoms with Gasteiger partial charge in [0.15, 0.2) is 5.75 Å². The Bertz CT molecular complexity index is 471. The molecule has 1 fully saturated rings. The first-order valence-corrected chi connectivity index (χ1v) is 5.88. The number of rotatable bonds is 4. The molecule has 1 N–H and O–H groups in total. The second-order valence-corrected chi connectivity index (χ2v) is 4.11. The van der Waals surface area contributed by atoms with E-state index in [2.05, 4.69) is 5.32 Å². The lowest BCUT2D eigenvalue weighted by atomic mass is 10.0. The van der Waals surface area contributed by atoms with E-state index in [1.54, 1.807) is 6.07 Å². The van der Waals surface area contributed by atoms with Gasteiger partial charge in [-0.3, -0.25) is 10.1 Å². The molecule has 1 atom stereocenters. The molecular formula is C12H16N2O5. The minimum Gasteiger partial charge on any atom is -0.493 e. The van der Waals surface area contributed by atoms with Crippen molar-refractivity contribution in [2.75, 3.05) is 34.0 Å². The van der Waals surface area contributed by atoms with Gasteiger partial charge in [-0.2, -0.15) is 0 Å². The third-order valence-corrected chi connectivity index (χ3v) is 3.00. The van der Waals surface area contributed by atoms with Crippen molar-refractivity contribution >= 4 is 5.69 Å².